The summed E-state index contributed by atoms with van der Waals surface area (Å²) in [6.45, 7) is 1.98. The number of nitrogens with one attached hydrogen (secondary N) is 1. The van der Waals surface area contributed by atoms with E-state index in [1.54, 1.807) is 0 Å². The zero-order valence-electron chi connectivity index (χ0n) is 10.8. The Labute approximate surface area is 135 Å². The molecule has 2 heterocycles. The van der Waals surface area contributed by atoms with Gasteiger partial charge in [0.2, 0.25) is 0 Å². The molecule has 0 radical (unpaired) electrons. The molecule has 2 rings (SSSR count). The molecule has 0 spiro atoms. The molecule has 0 aliphatic rings. The fourth-order valence-corrected chi connectivity index (χ4v) is 4.13. The van der Waals surface area contributed by atoms with Crippen molar-refractivity contribution in [2.75, 3.05) is 7.05 Å². The Morgan fingerprint density at radius 2 is 2.21 bits per heavy atom. The topological polar surface area (TPSA) is 29.9 Å². The van der Waals surface area contributed by atoms with Gasteiger partial charge in [-0.15, -0.1) is 11.3 Å². The Balaban J connectivity index is 2.31. The molecule has 1 N–H and O–H groups in total. The number of aryl methyl sites for hydroxylation is 2. The molecule has 104 valence electrons. The van der Waals surface area contributed by atoms with Crippen LogP contribution in [0.25, 0.3) is 0 Å². The van der Waals surface area contributed by atoms with E-state index in [1.807, 2.05) is 31.8 Å². The lowest BCUT2D eigenvalue weighted by atomic mass is 10.1. The van der Waals surface area contributed by atoms with E-state index in [0.29, 0.717) is 4.34 Å². The summed E-state index contributed by atoms with van der Waals surface area (Å²) < 4.78 is 4.39. The molecule has 3 nitrogen and oxygen atoms in total. The smallest absolute Gasteiger partial charge is 0.0992 e. The van der Waals surface area contributed by atoms with Crippen molar-refractivity contribution >= 4 is 50.5 Å². The number of aromatic nitrogens is 2. The Morgan fingerprint density at radius 3 is 2.63 bits per heavy atom. The third-order valence-corrected chi connectivity index (χ3v) is 5.62. The highest BCUT2D eigenvalue weighted by Crippen LogP contribution is 2.36. The van der Waals surface area contributed by atoms with Gasteiger partial charge in [-0.05, 0) is 36.0 Å². The van der Waals surface area contributed by atoms with E-state index in [-0.39, 0.29) is 6.04 Å². The van der Waals surface area contributed by atoms with Gasteiger partial charge in [-0.1, -0.05) is 23.2 Å². The van der Waals surface area contributed by atoms with Crippen LogP contribution in [-0.4, -0.2) is 16.8 Å². The fraction of sp³-hybridized carbons (Fsp3) is 0.417. The second-order valence-electron chi connectivity index (χ2n) is 4.29. The molecule has 0 amide bonds. The standard InChI is InChI=1S/C12H14BrCl2N3S/c1-6-11(13)9(18(3)17-6)5-8(16-2)7-4-10(14)19-12(7)15/h4,8,16H,5H2,1-3H3. The quantitative estimate of drug-likeness (QED) is 0.851. The van der Waals surface area contributed by atoms with Crippen LogP contribution in [0.3, 0.4) is 0 Å². The molecule has 7 heteroatoms. The second-order valence-corrected chi connectivity index (χ2v) is 7.37. The van der Waals surface area contributed by atoms with Gasteiger partial charge in [0.15, 0.2) is 0 Å². The van der Waals surface area contributed by atoms with Gasteiger partial charge in [-0.3, -0.25) is 4.68 Å². The van der Waals surface area contributed by atoms with Gasteiger partial charge in [0, 0.05) is 25.1 Å². The Hall–Kier alpha value is -0.0700. The Bertz CT molecular complexity index is 594. The summed E-state index contributed by atoms with van der Waals surface area (Å²) in [7, 11) is 3.87. The lowest BCUT2D eigenvalue weighted by Crippen LogP contribution is -2.20. The predicted octanol–water partition coefficient (Wildman–Crippen LogP) is 4.36. The maximum absolute atomic E-state index is 6.23. The lowest BCUT2D eigenvalue weighted by Gasteiger charge is -2.16. The molecular weight excluding hydrogens is 369 g/mol. The van der Waals surface area contributed by atoms with Crippen molar-refractivity contribution in [1.82, 2.24) is 15.1 Å². The van der Waals surface area contributed by atoms with E-state index < -0.39 is 0 Å². The van der Waals surface area contributed by atoms with Gasteiger partial charge in [-0.2, -0.15) is 5.10 Å². The zero-order chi connectivity index (χ0) is 14.2. The van der Waals surface area contributed by atoms with E-state index >= 15 is 0 Å². The van der Waals surface area contributed by atoms with Gasteiger partial charge in [0.1, 0.15) is 0 Å². The SMILES string of the molecule is CNC(Cc1c(Br)c(C)nn1C)c1cc(Cl)sc1Cl. The molecule has 0 fully saturated rings. The van der Waals surface area contributed by atoms with E-state index in [0.717, 1.165) is 32.2 Å². The maximum Gasteiger partial charge on any atom is 0.0992 e. The first-order valence-corrected chi connectivity index (χ1v) is 8.10. The highest BCUT2D eigenvalue weighted by atomic mass is 79.9. The van der Waals surface area contributed by atoms with Gasteiger partial charge < -0.3 is 5.32 Å². The summed E-state index contributed by atoms with van der Waals surface area (Å²) in [5, 5.41) is 7.69. The van der Waals surface area contributed by atoms with Crippen LogP contribution in [0.1, 0.15) is 23.0 Å². The van der Waals surface area contributed by atoms with Crippen molar-refractivity contribution in [1.29, 1.82) is 0 Å². The first-order chi connectivity index (χ1) is 8.93. The highest BCUT2D eigenvalue weighted by Gasteiger charge is 2.20. The lowest BCUT2D eigenvalue weighted by molar-refractivity contribution is 0.562. The average molecular weight is 383 g/mol. The van der Waals surface area contributed by atoms with Gasteiger partial charge >= 0.3 is 0 Å². The number of halogens is 3. The molecule has 1 atom stereocenters. The summed E-state index contributed by atoms with van der Waals surface area (Å²) in [4.78, 5) is 0. The highest BCUT2D eigenvalue weighted by molar-refractivity contribution is 9.10. The third kappa shape index (κ3) is 3.16. The maximum atomic E-state index is 6.23. The molecule has 0 aromatic carbocycles. The van der Waals surface area contributed by atoms with Crippen LogP contribution in [0.15, 0.2) is 10.5 Å². The molecule has 0 aliphatic carbocycles. The van der Waals surface area contributed by atoms with Crippen LogP contribution < -0.4 is 5.32 Å². The van der Waals surface area contributed by atoms with E-state index in [9.17, 15) is 0 Å². The van der Waals surface area contributed by atoms with Crippen LogP contribution in [-0.2, 0) is 13.5 Å². The minimum atomic E-state index is 0.113. The first-order valence-electron chi connectivity index (χ1n) is 5.74. The Morgan fingerprint density at radius 1 is 1.53 bits per heavy atom. The number of likely N-dealkylation sites (N-methyl/N-ethyl adjacent to an activating group) is 1. The van der Waals surface area contributed by atoms with Crippen LogP contribution in [0.4, 0.5) is 0 Å². The summed E-state index contributed by atoms with van der Waals surface area (Å²) >= 11 is 17.2. The molecule has 2 aromatic rings. The van der Waals surface area contributed by atoms with E-state index in [2.05, 4.69) is 26.3 Å². The largest absolute Gasteiger partial charge is 0.313 e. The van der Waals surface area contributed by atoms with Crippen molar-refractivity contribution in [3.8, 4) is 0 Å². The minimum Gasteiger partial charge on any atom is -0.313 e. The number of thiophene rings is 1. The molecule has 0 saturated heterocycles. The van der Waals surface area contributed by atoms with Crippen LogP contribution >= 0.6 is 50.5 Å². The summed E-state index contributed by atoms with van der Waals surface area (Å²) in [5.74, 6) is 0. The van der Waals surface area contributed by atoms with Crippen LogP contribution in [0.5, 0.6) is 0 Å². The second kappa shape index (κ2) is 6.14. The monoisotopic (exact) mass is 381 g/mol. The van der Waals surface area contributed by atoms with E-state index in [4.69, 9.17) is 23.2 Å². The van der Waals surface area contributed by atoms with Gasteiger partial charge in [0.05, 0.1) is 24.5 Å². The normalized spacial score (nSPS) is 12.9. The molecule has 1 unspecified atom stereocenters. The average Bonchev–Trinajstić information content (AvgIpc) is 2.79. The molecule has 2 aromatic heterocycles. The molecule has 19 heavy (non-hydrogen) atoms. The molecule has 0 saturated carbocycles. The third-order valence-electron chi connectivity index (χ3n) is 3.07. The number of rotatable bonds is 4. The van der Waals surface area contributed by atoms with Crippen molar-refractivity contribution in [3.63, 3.8) is 0 Å². The van der Waals surface area contributed by atoms with Crippen molar-refractivity contribution < 1.29 is 0 Å². The van der Waals surface area contributed by atoms with Crippen molar-refractivity contribution in [3.05, 3.63) is 36.2 Å². The summed E-state index contributed by atoms with van der Waals surface area (Å²) in [6.07, 6.45) is 0.793. The predicted molar refractivity (Wildman–Crippen MR) is 85.5 cm³/mol. The zero-order valence-corrected chi connectivity index (χ0v) is 14.7. The summed E-state index contributed by atoms with van der Waals surface area (Å²) in [6, 6.07) is 2.04. The first kappa shape index (κ1) is 15.3. The summed E-state index contributed by atoms with van der Waals surface area (Å²) in [5.41, 5.74) is 3.15. The molecule has 0 bridgehead atoms. The molecule has 0 aliphatic heterocycles. The minimum absolute atomic E-state index is 0.113. The number of hydrogen-bond donors (Lipinski definition) is 1. The Kier molecular flexibility index (Phi) is 4.95. The van der Waals surface area contributed by atoms with Crippen LogP contribution in [0, 0.1) is 6.92 Å². The van der Waals surface area contributed by atoms with Crippen LogP contribution in [0.2, 0.25) is 8.67 Å². The van der Waals surface area contributed by atoms with Crippen molar-refractivity contribution in [2.45, 2.75) is 19.4 Å². The number of nitrogens with zero attached hydrogens (tertiary/aromatic N) is 2. The molecular formula is C12H14BrCl2N3S. The number of hydrogen-bond acceptors (Lipinski definition) is 3. The van der Waals surface area contributed by atoms with Gasteiger partial charge in [0.25, 0.3) is 0 Å². The van der Waals surface area contributed by atoms with Crippen molar-refractivity contribution in [2.24, 2.45) is 7.05 Å². The fourth-order valence-electron chi connectivity index (χ4n) is 2.05. The van der Waals surface area contributed by atoms with E-state index in [1.165, 1.54) is 11.3 Å². The van der Waals surface area contributed by atoms with Gasteiger partial charge in [-0.25, -0.2) is 0 Å².